The van der Waals surface area contributed by atoms with Crippen molar-refractivity contribution in [3.8, 4) is 0 Å². The molecule has 2 aromatic heterocycles. The van der Waals surface area contributed by atoms with Crippen LogP contribution in [0.2, 0.25) is 0 Å². The minimum absolute atomic E-state index is 0.143. The van der Waals surface area contributed by atoms with E-state index in [1.165, 1.54) is 10.9 Å². The monoisotopic (exact) mass is 248 g/mol. The lowest BCUT2D eigenvalue weighted by Gasteiger charge is -2.25. The van der Waals surface area contributed by atoms with Crippen LogP contribution in [0.25, 0.3) is 0 Å². The Morgan fingerprint density at radius 2 is 2.28 bits per heavy atom. The van der Waals surface area contributed by atoms with Crippen LogP contribution in [0.4, 0.5) is 0 Å². The summed E-state index contributed by atoms with van der Waals surface area (Å²) in [7, 11) is 1.60. The number of nitrogens with zero attached hydrogens (tertiary/aromatic N) is 4. The predicted molar refractivity (Wildman–Crippen MR) is 60.9 cm³/mol. The SMILES string of the molecule is Cn1nc2n(c1=O)CCN(C(=O)c1ccco1)C2. The molecule has 0 N–H and O–H groups in total. The lowest BCUT2D eigenvalue weighted by atomic mass is 10.3. The molecule has 7 nitrogen and oxygen atoms in total. The third-order valence-electron chi connectivity index (χ3n) is 3.03. The Bertz CT molecular complexity index is 638. The quantitative estimate of drug-likeness (QED) is 0.702. The van der Waals surface area contributed by atoms with Gasteiger partial charge in [0.1, 0.15) is 0 Å². The first kappa shape index (κ1) is 10.8. The highest BCUT2D eigenvalue weighted by Gasteiger charge is 2.26. The first-order valence-corrected chi connectivity index (χ1v) is 5.62. The smallest absolute Gasteiger partial charge is 0.345 e. The van der Waals surface area contributed by atoms with Crippen LogP contribution in [-0.4, -0.2) is 31.7 Å². The van der Waals surface area contributed by atoms with Gasteiger partial charge in [0.2, 0.25) is 0 Å². The van der Waals surface area contributed by atoms with E-state index in [4.69, 9.17) is 4.42 Å². The van der Waals surface area contributed by atoms with E-state index in [0.717, 1.165) is 0 Å². The summed E-state index contributed by atoms with van der Waals surface area (Å²) in [5.74, 6) is 0.736. The van der Waals surface area contributed by atoms with Gasteiger partial charge in [0.25, 0.3) is 5.91 Å². The zero-order valence-corrected chi connectivity index (χ0v) is 9.87. The lowest BCUT2D eigenvalue weighted by Crippen LogP contribution is -2.40. The fraction of sp³-hybridized carbons (Fsp3) is 0.364. The van der Waals surface area contributed by atoms with E-state index < -0.39 is 0 Å². The van der Waals surface area contributed by atoms with Crippen LogP contribution in [-0.2, 0) is 20.1 Å². The number of hydrogen-bond donors (Lipinski definition) is 0. The molecule has 1 amide bonds. The van der Waals surface area contributed by atoms with Gasteiger partial charge in [0.15, 0.2) is 11.6 Å². The van der Waals surface area contributed by atoms with Crippen LogP contribution in [0.15, 0.2) is 27.6 Å². The average molecular weight is 248 g/mol. The molecule has 3 rings (SSSR count). The summed E-state index contributed by atoms with van der Waals surface area (Å²) in [6.45, 7) is 1.28. The van der Waals surface area contributed by atoms with Crippen molar-refractivity contribution in [2.24, 2.45) is 7.05 Å². The van der Waals surface area contributed by atoms with Gasteiger partial charge in [-0.05, 0) is 12.1 Å². The first-order valence-electron chi connectivity index (χ1n) is 5.62. The van der Waals surface area contributed by atoms with Crippen LogP contribution >= 0.6 is 0 Å². The van der Waals surface area contributed by atoms with Crippen LogP contribution < -0.4 is 5.69 Å². The van der Waals surface area contributed by atoms with Crippen molar-refractivity contribution in [1.29, 1.82) is 0 Å². The maximum atomic E-state index is 12.1. The predicted octanol–water partition coefficient (Wildman–Crippen LogP) is -0.169. The zero-order chi connectivity index (χ0) is 12.7. The second-order valence-corrected chi connectivity index (χ2v) is 4.18. The van der Waals surface area contributed by atoms with Gasteiger partial charge in [-0.3, -0.25) is 9.36 Å². The highest BCUT2D eigenvalue weighted by atomic mass is 16.3. The molecule has 7 heteroatoms. The van der Waals surface area contributed by atoms with E-state index in [1.54, 1.807) is 28.6 Å². The number of carbonyl (C=O) groups is 1. The maximum Gasteiger partial charge on any atom is 0.345 e. The number of furan rings is 1. The molecule has 0 atom stereocenters. The molecule has 0 radical (unpaired) electrons. The normalized spacial score (nSPS) is 14.6. The highest BCUT2D eigenvalue weighted by Crippen LogP contribution is 2.12. The summed E-state index contributed by atoms with van der Waals surface area (Å²) in [4.78, 5) is 25.4. The summed E-state index contributed by atoms with van der Waals surface area (Å²) in [5, 5.41) is 4.11. The summed E-state index contributed by atoms with van der Waals surface area (Å²) in [5.41, 5.74) is -0.143. The molecular formula is C11H12N4O3. The van der Waals surface area contributed by atoms with Gasteiger partial charge < -0.3 is 9.32 Å². The van der Waals surface area contributed by atoms with E-state index in [9.17, 15) is 9.59 Å². The maximum absolute atomic E-state index is 12.1. The van der Waals surface area contributed by atoms with Gasteiger partial charge in [-0.2, -0.15) is 5.10 Å². The van der Waals surface area contributed by atoms with Gasteiger partial charge in [-0.15, -0.1) is 0 Å². The van der Waals surface area contributed by atoms with Crippen molar-refractivity contribution < 1.29 is 9.21 Å². The summed E-state index contributed by atoms with van der Waals surface area (Å²) in [6.07, 6.45) is 1.47. The number of amides is 1. The van der Waals surface area contributed by atoms with Gasteiger partial charge in [0, 0.05) is 20.1 Å². The number of aryl methyl sites for hydroxylation is 1. The summed E-state index contributed by atoms with van der Waals surface area (Å²) < 4.78 is 7.96. The lowest BCUT2D eigenvalue weighted by molar-refractivity contribution is 0.0674. The molecule has 1 aliphatic rings. The minimum Gasteiger partial charge on any atom is -0.459 e. The van der Waals surface area contributed by atoms with Crippen LogP contribution in [0.3, 0.4) is 0 Å². The summed E-state index contributed by atoms with van der Waals surface area (Å²) >= 11 is 0. The molecule has 3 heterocycles. The third-order valence-corrected chi connectivity index (χ3v) is 3.03. The fourth-order valence-electron chi connectivity index (χ4n) is 2.10. The number of aromatic nitrogens is 3. The summed E-state index contributed by atoms with van der Waals surface area (Å²) in [6, 6.07) is 3.30. The van der Waals surface area contributed by atoms with Gasteiger partial charge in [-0.25, -0.2) is 9.48 Å². The molecule has 94 valence electrons. The van der Waals surface area contributed by atoms with Crippen molar-refractivity contribution in [3.05, 3.63) is 40.5 Å². The van der Waals surface area contributed by atoms with Gasteiger partial charge in [0.05, 0.1) is 12.8 Å². The molecule has 0 saturated carbocycles. The second kappa shape index (κ2) is 3.86. The molecule has 18 heavy (non-hydrogen) atoms. The number of rotatable bonds is 1. The molecule has 0 aliphatic carbocycles. The third kappa shape index (κ3) is 1.55. The zero-order valence-electron chi connectivity index (χ0n) is 9.87. The minimum atomic E-state index is -0.177. The van der Waals surface area contributed by atoms with E-state index in [1.807, 2.05) is 0 Å². The van der Waals surface area contributed by atoms with Crippen LogP contribution in [0.1, 0.15) is 16.4 Å². The fourth-order valence-corrected chi connectivity index (χ4v) is 2.10. The Kier molecular flexibility index (Phi) is 2.32. The number of hydrogen-bond acceptors (Lipinski definition) is 4. The van der Waals surface area contributed by atoms with Gasteiger partial charge in [-0.1, -0.05) is 0 Å². The molecule has 0 unspecified atom stereocenters. The number of carbonyl (C=O) groups excluding carboxylic acids is 1. The van der Waals surface area contributed by atoms with Crippen LogP contribution in [0, 0.1) is 0 Å². The second-order valence-electron chi connectivity index (χ2n) is 4.18. The largest absolute Gasteiger partial charge is 0.459 e. The van der Waals surface area contributed by atoms with Crippen molar-refractivity contribution in [2.45, 2.75) is 13.1 Å². The number of fused-ring (bicyclic) bond motifs is 1. The molecule has 1 aliphatic heterocycles. The van der Waals surface area contributed by atoms with Crippen molar-refractivity contribution in [1.82, 2.24) is 19.2 Å². The average Bonchev–Trinajstić information content (AvgIpc) is 2.98. The standard InChI is InChI=1S/C11H12N4O3/c1-13-11(17)15-5-4-14(7-9(15)12-13)10(16)8-3-2-6-18-8/h2-3,6H,4-5,7H2,1H3. The van der Waals surface area contributed by atoms with Gasteiger partial charge >= 0.3 is 5.69 Å². The molecule has 0 spiro atoms. The first-order chi connectivity index (χ1) is 8.66. The topological polar surface area (TPSA) is 73.3 Å². The molecular weight excluding hydrogens is 236 g/mol. The van der Waals surface area contributed by atoms with E-state index in [2.05, 4.69) is 5.10 Å². The Balaban J connectivity index is 1.87. The Hall–Kier alpha value is -2.31. The van der Waals surface area contributed by atoms with Crippen molar-refractivity contribution >= 4 is 5.91 Å². The van der Waals surface area contributed by atoms with Crippen molar-refractivity contribution in [2.75, 3.05) is 6.54 Å². The Morgan fingerprint density at radius 1 is 1.44 bits per heavy atom. The Morgan fingerprint density at radius 3 is 3.00 bits per heavy atom. The van der Waals surface area contributed by atoms with Crippen LogP contribution in [0.5, 0.6) is 0 Å². The molecule has 0 bridgehead atoms. The van der Waals surface area contributed by atoms with E-state index >= 15 is 0 Å². The highest BCUT2D eigenvalue weighted by molar-refractivity contribution is 5.91. The molecule has 0 saturated heterocycles. The molecule has 0 aromatic carbocycles. The Labute approximate surface area is 102 Å². The molecule has 0 fully saturated rings. The molecule has 2 aromatic rings. The van der Waals surface area contributed by atoms with E-state index in [-0.39, 0.29) is 11.6 Å². The van der Waals surface area contributed by atoms with Crippen molar-refractivity contribution in [3.63, 3.8) is 0 Å². The van der Waals surface area contributed by atoms with E-state index in [0.29, 0.717) is 31.2 Å².